The zero-order valence-corrected chi connectivity index (χ0v) is 81.3. The number of ether oxygens (including phenoxy) is 3. The molecule has 718 valence electrons. The van der Waals surface area contributed by atoms with Gasteiger partial charge in [-0.1, -0.05) is 158 Å². The van der Waals surface area contributed by atoms with E-state index in [4.69, 9.17) is 73.8 Å². The number of piperidine rings is 4. The van der Waals surface area contributed by atoms with Crippen LogP contribution in [0.2, 0.25) is 25.3 Å². The molecule has 34 nitrogen and oxygen atoms in total. The molecule has 4 amide bonds. The molecule has 0 bridgehead atoms. The summed E-state index contributed by atoms with van der Waals surface area (Å²) in [5.74, 6) is -3.09. The lowest BCUT2D eigenvalue weighted by molar-refractivity contribution is -0.169. The van der Waals surface area contributed by atoms with Gasteiger partial charge in [-0.15, -0.1) is 0 Å². The quantitative estimate of drug-likeness (QED) is 0.0109. The predicted octanol–water partition coefficient (Wildman–Crippen LogP) is 17.2. The van der Waals surface area contributed by atoms with Crippen LogP contribution in [0.4, 0.5) is 0 Å². The number of esters is 3. The predicted molar refractivity (Wildman–Crippen MR) is 499 cm³/mol. The van der Waals surface area contributed by atoms with Crippen LogP contribution in [0.5, 0.6) is 0 Å². The monoisotopic (exact) mass is 1820 g/mol. The van der Waals surface area contributed by atoms with Crippen molar-refractivity contribution < 1.29 is 94.9 Å². The summed E-state index contributed by atoms with van der Waals surface area (Å²) in [5.41, 5.74) is 27.9. The first kappa shape index (κ1) is 108. The molecule has 11 rings (SSSR count). The van der Waals surface area contributed by atoms with Crippen LogP contribution in [0, 0.1) is 0 Å². The Morgan fingerprint density at radius 3 is 0.786 bits per heavy atom. The highest BCUT2D eigenvalue weighted by atomic mass is 16.7. The Morgan fingerprint density at radius 1 is 0.359 bits per heavy atom. The third kappa shape index (κ3) is 27.3. The topological polar surface area (TPSA) is 444 Å². The first-order valence-corrected chi connectivity index (χ1v) is 46.7. The Morgan fingerprint density at radius 2 is 0.573 bits per heavy atom. The van der Waals surface area contributed by atoms with Crippen LogP contribution in [0.15, 0.2) is 106 Å². The Hall–Kier alpha value is -8.75. The average molecular weight is 1820 g/mol. The molecule has 0 unspecified atom stereocenters. The van der Waals surface area contributed by atoms with Crippen molar-refractivity contribution >= 4 is 76.0 Å². The van der Waals surface area contributed by atoms with Crippen LogP contribution in [0.3, 0.4) is 0 Å². The number of carbonyl (C=O) groups is 8. The second-order valence-electron chi connectivity index (χ2n) is 40.3. The van der Waals surface area contributed by atoms with Crippen LogP contribution in [0.25, 0.3) is 31.3 Å². The van der Waals surface area contributed by atoms with E-state index in [2.05, 4.69) is 30.1 Å². The molecular formula is C93H144B4N14O20. The molecule has 0 radical (unpaired) electrons. The minimum Gasteiger partial charge on any atom is -0.479 e. The van der Waals surface area contributed by atoms with Crippen molar-refractivity contribution in [1.82, 2.24) is 19.6 Å². The summed E-state index contributed by atoms with van der Waals surface area (Å²) in [6.45, 7) is 39.9. The normalized spacial score (nSPS) is 26.2. The number of carbonyl (C=O) groups excluding carboxylic acids is 7. The lowest BCUT2D eigenvalue weighted by Crippen LogP contribution is -2.62. The molecule has 38 heteroatoms. The largest absolute Gasteiger partial charge is 0.479 e. The molecule has 0 aliphatic carbocycles. The molecule has 8 heterocycles. The molecule has 0 spiro atoms. The van der Waals surface area contributed by atoms with E-state index in [0.29, 0.717) is 135 Å². The fourth-order valence-electron chi connectivity index (χ4n) is 18.8. The second-order valence-corrected chi connectivity index (χ2v) is 40.3. The van der Waals surface area contributed by atoms with E-state index >= 15 is 0 Å². The van der Waals surface area contributed by atoms with Gasteiger partial charge >= 0.3 is 52.4 Å². The van der Waals surface area contributed by atoms with Crippen LogP contribution in [-0.4, -0.2) is 218 Å². The standard InChI is InChI=1S/3C25H37BN4O5.C18H33BN2O5/c3*1-19(31)30-16-13-21(28-29-27)17-25(30,22(32)33-18-20-11-7-6-8-12-20)14-9-10-15-26-34-23(2,3)24(4,5)35-26;1-13(22)21-11-8-14(20)12-18(21,15(23)24)9-6-7-10-19-25-16(2,3)17(4,5)26-19/h3*6-8,11-12,21H,9-10,13-18H2,1-5H3;14H,6-12,20H2,1-5H3,(H,23,24)/t21-,25+;2*21-,25-;14-,18-/m0000/s1. The number of carboxylic acids is 1. The number of unbranched alkanes of at least 4 members (excludes halogenated alkanes) is 4. The van der Waals surface area contributed by atoms with Gasteiger partial charge in [-0.3, -0.25) is 19.2 Å². The van der Waals surface area contributed by atoms with Crippen LogP contribution < -0.4 is 5.73 Å². The second kappa shape index (κ2) is 46.0. The number of amides is 4. The number of hydrogen-bond acceptors (Lipinski definition) is 23. The molecule has 3 aromatic rings. The van der Waals surface area contributed by atoms with Crippen molar-refractivity contribution in [2.24, 2.45) is 21.1 Å². The summed E-state index contributed by atoms with van der Waals surface area (Å²) < 4.78 is 65.7. The molecular weight excluding hydrogens is 1680 g/mol. The summed E-state index contributed by atoms with van der Waals surface area (Å²) in [6, 6.07) is 27.0. The third-order valence-electron chi connectivity index (χ3n) is 28.8. The van der Waals surface area contributed by atoms with Crippen molar-refractivity contribution in [3.63, 3.8) is 0 Å². The number of nitrogens with zero attached hydrogens (tertiary/aromatic N) is 13. The number of benzene rings is 3. The molecule has 8 aliphatic rings. The summed E-state index contributed by atoms with van der Waals surface area (Å²) in [6.07, 6.45) is 13.3. The number of carboxylic acid groups (broad SMARTS) is 1. The zero-order chi connectivity index (χ0) is 96.8. The van der Waals surface area contributed by atoms with Gasteiger partial charge in [0, 0.05) is 92.8 Å². The Balaban J connectivity index is 0.000000217. The van der Waals surface area contributed by atoms with Crippen LogP contribution in [-0.2, 0) is 110 Å². The van der Waals surface area contributed by atoms with E-state index < -0.39 is 79.6 Å². The smallest absolute Gasteiger partial charge is 0.457 e. The number of rotatable bonds is 33. The van der Waals surface area contributed by atoms with E-state index in [1.54, 1.807) is 14.7 Å². The summed E-state index contributed by atoms with van der Waals surface area (Å²) in [7, 11) is -1.22. The van der Waals surface area contributed by atoms with Crippen molar-refractivity contribution in [3.05, 3.63) is 139 Å². The van der Waals surface area contributed by atoms with Crippen molar-refractivity contribution in [2.45, 2.75) is 403 Å². The number of aliphatic carboxylic acids is 1. The minimum atomic E-state index is -1.20. The number of azide groups is 3. The van der Waals surface area contributed by atoms with E-state index in [1.807, 2.05) is 202 Å². The van der Waals surface area contributed by atoms with Gasteiger partial charge in [0.25, 0.3) is 0 Å². The molecule has 3 aromatic carbocycles. The summed E-state index contributed by atoms with van der Waals surface area (Å²) in [5, 5.41) is 21.5. The first-order chi connectivity index (χ1) is 61.4. The number of likely N-dealkylation sites (tertiary alicyclic amines) is 4. The van der Waals surface area contributed by atoms with Gasteiger partial charge < -0.3 is 81.9 Å². The van der Waals surface area contributed by atoms with Gasteiger partial charge in [-0.2, -0.15) is 0 Å². The first-order valence-electron chi connectivity index (χ1n) is 46.7. The minimum absolute atomic E-state index is 0.118. The molecule has 8 aliphatic heterocycles. The van der Waals surface area contributed by atoms with Gasteiger partial charge in [0.1, 0.15) is 42.0 Å². The SMILES string of the molecule is CC(=O)N1CC[C@H](N)C[C@@]1(CCCCB1OC(C)(C)C(C)(C)O1)C(=O)O.CC(=O)N1CC[C@H](N=[N+]=[N-])C[C@@]1(CCCCB1OC(C)(C)C(C)(C)O1)C(=O)OCc1ccccc1.CC(=O)N1CC[C@H](N=[N+]=[N-])C[C@@]1(CCCCB1OC(C)(C)C(C)(C)O1)C(=O)OCc1ccccc1.CC(=O)N1CC[C@H](N=[N+]=[N-])C[C@]1(CCCCB1OC(C)(C)C(C)(C)O1)C(=O)OCc1ccccc1. The van der Waals surface area contributed by atoms with Gasteiger partial charge in [0.05, 0.1) is 44.8 Å². The van der Waals surface area contributed by atoms with E-state index in [1.165, 1.54) is 32.6 Å². The van der Waals surface area contributed by atoms with Gasteiger partial charge in [0.2, 0.25) is 23.6 Å². The van der Waals surface area contributed by atoms with E-state index in [9.17, 15) is 43.5 Å². The maximum absolute atomic E-state index is 13.6. The average Bonchev–Trinajstić information content (AvgIpc) is 1.77. The third-order valence-corrected chi connectivity index (χ3v) is 28.8. The van der Waals surface area contributed by atoms with E-state index in [0.717, 1.165) is 42.4 Å². The highest BCUT2D eigenvalue weighted by Gasteiger charge is 2.58. The molecule has 8 fully saturated rings. The van der Waals surface area contributed by atoms with Crippen LogP contribution >= 0.6 is 0 Å². The molecule has 0 aromatic heterocycles. The molecule has 8 saturated heterocycles. The maximum Gasteiger partial charge on any atom is 0.457 e. The Bertz CT molecular complexity index is 4080. The highest BCUT2D eigenvalue weighted by Crippen LogP contribution is 2.46. The molecule has 131 heavy (non-hydrogen) atoms. The summed E-state index contributed by atoms with van der Waals surface area (Å²) in [4.78, 5) is 118. The zero-order valence-electron chi connectivity index (χ0n) is 81.3. The summed E-state index contributed by atoms with van der Waals surface area (Å²) >= 11 is 0. The van der Waals surface area contributed by atoms with Gasteiger partial charge in [0.15, 0.2) is 0 Å². The lowest BCUT2D eigenvalue weighted by atomic mass is 9.77. The van der Waals surface area contributed by atoms with Crippen molar-refractivity contribution in [1.29, 1.82) is 0 Å². The van der Waals surface area contributed by atoms with Gasteiger partial charge in [-0.05, 0) is 246 Å². The Kier molecular flexibility index (Phi) is 37.8. The highest BCUT2D eigenvalue weighted by molar-refractivity contribution is 6.46. The fourth-order valence-corrected chi connectivity index (χ4v) is 18.8. The van der Waals surface area contributed by atoms with E-state index in [-0.39, 0.29) is 127 Å². The fraction of sp³-hybridized carbons (Fsp3) is 0.720. The van der Waals surface area contributed by atoms with Crippen molar-refractivity contribution in [3.8, 4) is 0 Å². The van der Waals surface area contributed by atoms with Gasteiger partial charge in [-0.25, -0.2) is 19.2 Å². The Labute approximate surface area is 776 Å². The lowest BCUT2D eigenvalue weighted by Gasteiger charge is -2.46. The number of nitrogens with two attached hydrogens (primary N) is 1. The molecule has 8 atom stereocenters. The molecule has 3 N–H and O–H groups in total. The van der Waals surface area contributed by atoms with Crippen molar-refractivity contribution in [2.75, 3.05) is 26.2 Å². The number of hydrogen-bond donors (Lipinski definition) is 2. The maximum atomic E-state index is 13.6. The molecule has 0 saturated carbocycles. The van der Waals surface area contributed by atoms with Crippen LogP contribution in [0.1, 0.15) is 284 Å².